The summed E-state index contributed by atoms with van der Waals surface area (Å²) in [5, 5.41) is 6.92. The van der Waals surface area contributed by atoms with Crippen LogP contribution in [-0.2, 0) is 35.0 Å². The highest BCUT2D eigenvalue weighted by molar-refractivity contribution is 9.10. The first kappa shape index (κ1) is 23.5. The molecule has 12 heteroatoms. The fourth-order valence-electron chi connectivity index (χ4n) is 4.35. The Morgan fingerprint density at radius 2 is 2.18 bits per heavy atom. The van der Waals surface area contributed by atoms with Crippen LogP contribution in [0.25, 0.3) is 0 Å². The van der Waals surface area contributed by atoms with Crippen molar-refractivity contribution in [1.29, 1.82) is 0 Å². The Balaban J connectivity index is 1.54. The lowest BCUT2D eigenvalue weighted by molar-refractivity contribution is -0.141. The molecule has 1 unspecified atom stereocenters. The first-order valence-electron chi connectivity index (χ1n) is 10.6. The van der Waals surface area contributed by atoms with Crippen molar-refractivity contribution in [3.63, 3.8) is 0 Å². The first-order chi connectivity index (χ1) is 15.7. The van der Waals surface area contributed by atoms with E-state index in [4.69, 9.17) is 0 Å². The van der Waals surface area contributed by atoms with E-state index in [2.05, 4.69) is 36.1 Å². The molecule has 0 spiro atoms. The highest BCUT2D eigenvalue weighted by atomic mass is 79.9. The lowest BCUT2D eigenvalue weighted by Crippen LogP contribution is -2.39. The van der Waals surface area contributed by atoms with E-state index in [0.29, 0.717) is 24.1 Å². The second kappa shape index (κ2) is 9.32. The molecule has 2 amide bonds. The minimum atomic E-state index is -3.11. The molecular formula is C21H23BrF3N5O3. The Bertz CT molecular complexity index is 1080. The Morgan fingerprint density at radius 3 is 2.94 bits per heavy atom. The van der Waals surface area contributed by atoms with Crippen molar-refractivity contribution in [1.82, 2.24) is 19.7 Å². The molecule has 0 saturated heterocycles. The number of alkyl halides is 2. The second-order valence-electron chi connectivity index (χ2n) is 8.24. The van der Waals surface area contributed by atoms with Crippen LogP contribution in [0.2, 0.25) is 0 Å². The topological polar surface area (TPSA) is 89.4 Å². The van der Waals surface area contributed by atoms with Crippen LogP contribution in [0, 0.1) is 11.7 Å². The quantitative estimate of drug-likeness (QED) is 0.473. The van der Waals surface area contributed by atoms with Gasteiger partial charge in [-0.15, -0.1) is 0 Å². The Kier molecular flexibility index (Phi) is 6.64. The summed E-state index contributed by atoms with van der Waals surface area (Å²) >= 11 is 2.97. The summed E-state index contributed by atoms with van der Waals surface area (Å²) < 4.78 is 50.5. The Labute approximate surface area is 196 Å². The zero-order chi connectivity index (χ0) is 23.8. The third-order valence-electron chi connectivity index (χ3n) is 6.11. The van der Waals surface area contributed by atoms with E-state index in [1.165, 1.54) is 29.0 Å². The summed E-state index contributed by atoms with van der Waals surface area (Å²) in [4.78, 5) is 29.3. The minimum Gasteiger partial charge on any atom is -0.469 e. The first-order valence-corrected chi connectivity index (χ1v) is 11.4. The van der Waals surface area contributed by atoms with Gasteiger partial charge in [0.15, 0.2) is 5.82 Å². The number of amides is 2. The maximum Gasteiger partial charge on any atom is 0.322 e. The normalized spacial score (nSPS) is 19.3. The number of anilines is 1. The number of nitrogens with zero attached hydrogens (tertiary/aromatic N) is 4. The molecule has 0 aliphatic carbocycles. The lowest BCUT2D eigenvalue weighted by atomic mass is 9.95. The van der Waals surface area contributed by atoms with Gasteiger partial charge in [-0.05, 0) is 40.8 Å². The maximum atomic E-state index is 15.2. The largest absolute Gasteiger partial charge is 0.469 e. The number of hydrogen-bond acceptors (Lipinski definition) is 5. The van der Waals surface area contributed by atoms with Crippen LogP contribution >= 0.6 is 15.9 Å². The van der Waals surface area contributed by atoms with Crippen molar-refractivity contribution < 1.29 is 27.5 Å². The molecule has 2 aliphatic rings. The van der Waals surface area contributed by atoms with E-state index in [9.17, 15) is 14.0 Å². The van der Waals surface area contributed by atoms with E-state index in [-0.39, 0.29) is 66.8 Å². The van der Waals surface area contributed by atoms with Crippen molar-refractivity contribution in [2.75, 3.05) is 19.0 Å². The van der Waals surface area contributed by atoms with E-state index >= 15 is 8.78 Å². The van der Waals surface area contributed by atoms with Crippen LogP contribution in [0.1, 0.15) is 42.6 Å². The van der Waals surface area contributed by atoms with Crippen LogP contribution < -0.4 is 5.32 Å². The number of hydrogen-bond donors (Lipinski definition) is 1. The molecule has 0 fully saturated rings. The van der Waals surface area contributed by atoms with Gasteiger partial charge in [0.05, 0.1) is 25.0 Å². The van der Waals surface area contributed by atoms with E-state index in [1.54, 1.807) is 0 Å². The van der Waals surface area contributed by atoms with Gasteiger partial charge in [-0.25, -0.2) is 14.2 Å². The number of aromatic nitrogens is 3. The zero-order valence-corrected chi connectivity index (χ0v) is 19.5. The molecule has 0 radical (unpaired) electrons. The van der Waals surface area contributed by atoms with Crippen molar-refractivity contribution in [2.24, 2.45) is 5.92 Å². The van der Waals surface area contributed by atoms with Gasteiger partial charge >= 0.3 is 12.0 Å². The summed E-state index contributed by atoms with van der Waals surface area (Å²) in [7, 11) is 1.30. The van der Waals surface area contributed by atoms with Crippen LogP contribution in [0.15, 0.2) is 16.9 Å². The number of fused-ring (bicyclic) bond motifs is 3. The van der Waals surface area contributed by atoms with Gasteiger partial charge in [-0.2, -0.15) is 13.9 Å². The molecule has 0 aromatic carbocycles. The fraction of sp³-hybridized carbons (Fsp3) is 0.524. The molecule has 2 aromatic heterocycles. The molecule has 4 heterocycles. The number of esters is 1. The number of carbonyl (C=O) groups excluding carboxylic acids is 2. The molecule has 2 aliphatic heterocycles. The van der Waals surface area contributed by atoms with Gasteiger partial charge in [0.1, 0.15) is 10.3 Å². The molecule has 178 valence electrons. The summed E-state index contributed by atoms with van der Waals surface area (Å²) in [5.74, 6) is -4.33. The monoisotopic (exact) mass is 529 g/mol. The highest BCUT2D eigenvalue weighted by Gasteiger charge is 2.43. The maximum absolute atomic E-state index is 15.2. The van der Waals surface area contributed by atoms with Crippen LogP contribution in [-0.4, -0.2) is 45.3 Å². The number of pyridine rings is 1. The van der Waals surface area contributed by atoms with Crippen molar-refractivity contribution in [2.45, 2.75) is 51.1 Å². The zero-order valence-electron chi connectivity index (χ0n) is 17.9. The second-order valence-corrected chi connectivity index (χ2v) is 9.00. The molecule has 0 bridgehead atoms. The number of carbonyl (C=O) groups is 2. The van der Waals surface area contributed by atoms with Crippen LogP contribution in [0.4, 0.5) is 23.7 Å². The standard InChI is InChI=1S/C21H23BrF3N5O3/c1-33-16(31)3-2-12-4-7-21(24,25)18-13-11-29(9-6-14(13)28-30(18)10-12)20(32)27-15-5-8-26-19(22)17(15)23/h5,8,12H,2-4,6-7,9-11H2,1H3,(H,26,27,32). The Morgan fingerprint density at radius 1 is 1.39 bits per heavy atom. The average molecular weight is 530 g/mol. The summed E-state index contributed by atoms with van der Waals surface area (Å²) in [6, 6.07) is 0.729. The summed E-state index contributed by atoms with van der Waals surface area (Å²) in [5.41, 5.74) is 0.653. The van der Waals surface area contributed by atoms with Gasteiger partial charge < -0.3 is 15.0 Å². The van der Waals surface area contributed by atoms with Gasteiger partial charge in [-0.3, -0.25) is 9.48 Å². The van der Waals surface area contributed by atoms with Crippen molar-refractivity contribution in [3.05, 3.63) is 39.6 Å². The Hall–Kier alpha value is -2.63. The average Bonchev–Trinajstić information content (AvgIpc) is 3.10. The van der Waals surface area contributed by atoms with Crippen molar-refractivity contribution in [3.8, 4) is 0 Å². The molecule has 0 saturated carbocycles. The van der Waals surface area contributed by atoms with Crippen LogP contribution in [0.3, 0.4) is 0 Å². The van der Waals surface area contributed by atoms with Gasteiger partial charge in [-0.1, -0.05) is 0 Å². The minimum absolute atomic E-state index is 0.0374. The predicted molar refractivity (Wildman–Crippen MR) is 115 cm³/mol. The fourth-order valence-corrected chi connectivity index (χ4v) is 4.68. The predicted octanol–water partition coefficient (Wildman–Crippen LogP) is 4.22. The SMILES string of the molecule is COC(=O)CCC1CCC(F)(F)c2c3c(nn2C1)CCN(C(=O)Nc1ccnc(Br)c1F)C3. The highest BCUT2D eigenvalue weighted by Crippen LogP contribution is 2.42. The molecule has 33 heavy (non-hydrogen) atoms. The van der Waals surface area contributed by atoms with Gasteiger partial charge in [0, 0.05) is 44.1 Å². The number of ether oxygens (including phenoxy) is 1. The number of rotatable bonds is 4. The summed E-state index contributed by atoms with van der Waals surface area (Å²) in [6.45, 7) is 0.491. The molecular weight excluding hydrogens is 507 g/mol. The summed E-state index contributed by atoms with van der Waals surface area (Å²) in [6.07, 6.45) is 2.15. The third kappa shape index (κ3) is 4.85. The number of halogens is 4. The molecule has 1 N–H and O–H groups in total. The van der Waals surface area contributed by atoms with E-state index in [0.717, 1.165) is 0 Å². The number of urea groups is 1. The molecule has 1 atom stereocenters. The molecule has 4 rings (SSSR count). The van der Waals surface area contributed by atoms with E-state index in [1.807, 2.05) is 0 Å². The van der Waals surface area contributed by atoms with Gasteiger partial charge in [0.2, 0.25) is 0 Å². The smallest absolute Gasteiger partial charge is 0.322 e. The molecule has 8 nitrogen and oxygen atoms in total. The number of nitrogens with one attached hydrogen (secondary N) is 1. The van der Waals surface area contributed by atoms with Gasteiger partial charge in [0.25, 0.3) is 5.92 Å². The van der Waals surface area contributed by atoms with Crippen molar-refractivity contribution >= 4 is 33.6 Å². The molecule has 2 aromatic rings. The number of methoxy groups -OCH3 is 1. The third-order valence-corrected chi connectivity index (χ3v) is 6.66. The van der Waals surface area contributed by atoms with Crippen LogP contribution in [0.5, 0.6) is 0 Å². The van der Waals surface area contributed by atoms with E-state index < -0.39 is 17.8 Å². The lowest BCUT2D eigenvalue weighted by Gasteiger charge is -2.28.